The molecular formula is C41H26N2OS. The van der Waals surface area contributed by atoms with Crippen LogP contribution in [0.2, 0.25) is 0 Å². The van der Waals surface area contributed by atoms with E-state index in [-0.39, 0.29) is 0 Å². The maximum Gasteiger partial charge on any atom is 0.227 e. The first-order valence-corrected chi connectivity index (χ1v) is 15.9. The molecule has 0 spiro atoms. The van der Waals surface area contributed by atoms with E-state index in [2.05, 4.69) is 126 Å². The lowest BCUT2D eigenvalue weighted by molar-refractivity contribution is 0.620. The third-order valence-electron chi connectivity index (χ3n) is 8.49. The van der Waals surface area contributed by atoms with E-state index in [4.69, 9.17) is 9.40 Å². The third-order valence-corrected chi connectivity index (χ3v) is 9.71. The number of nitrogens with zero attached hydrogens (tertiary/aromatic N) is 2. The van der Waals surface area contributed by atoms with Crippen LogP contribution in [0.15, 0.2) is 162 Å². The summed E-state index contributed by atoms with van der Waals surface area (Å²) < 4.78 is 8.86. The molecule has 0 fully saturated rings. The van der Waals surface area contributed by atoms with Gasteiger partial charge in [-0.1, -0.05) is 97.1 Å². The van der Waals surface area contributed by atoms with Gasteiger partial charge in [-0.25, -0.2) is 4.98 Å². The quantitative estimate of drug-likeness (QED) is 0.198. The first-order chi connectivity index (χ1) is 22.3. The summed E-state index contributed by atoms with van der Waals surface area (Å²) in [5.74, 6) is 0.632. The number of thiophene rings is 1. The van der Waals surface area contributed by atoms with Gasteiger partial charge in [-0.2, -0.15) is 0 Å². The molecule has 0 unspecified atom stereocenters. The number of anilines is 3. The van der Waals surface area contributed by atoms with Gasteiger partial charge in [-0.3, -0.25) is 0 Å². The number of hydrogen-bond donors (Lipinski definition) is 0. The van der Waals surface area contributed by atoms with Crippen LogP contribution >= 0.6 is 11.3 Å². The number of hydrogen-bond acceptors (Lipinski definition) is 4. The molecule has 45 heavy (non-hydrogen) atoms. The number of fused-ring (bicyclic) bond motifs is 6. The van der Waals surface area contributed by atoms with Gasteiger partial charge in [0.25, 0.3) is 0 Å². The van der Waals surface area contributed by atoms with Crippen molar-refractivity contribution in [1.82, 2.24) is 4.98 Å². The normalized spacial score (nSPS) is 11.6. The van der Waals surface area contributed by atoms with Crippen molar-refractivity contribution in [2.24, 2.45) is 0 Å². The summed E-state index contributed by atoms with van der Waals surface area (Å²) in [4.78, 5) is 7.26. The van der Waals surface area contributed by atoms with Crippen molar-refractivity contribution in [2.45, 2.75) is 0 Å². The minimum atomic E-state index is 0.632. The average Bonchev–Trinajstić information content (AvgIpc) is 3.72. The van der Waals surface area contributed by atoms with Crippen molar-refractivity contribution in [3.05, 3.63) is 158 Å². The van der Waals surface area contributed by atoms with E-state index in [1.165, 1.54) is 31.3 Å². The standard InChI is InChI=1S/C41H26N2OS/c1-3-10-29(11-4-1)41-42-39-36-26-32(24-20-28(36)21-25-37(39)44-41)43(30-12-5-2-6-13-30)31-22-18-27(19-23-31)33-15-9-16-35-34-14-7-8-17-38(34)45-40(33)35/h1-26H. The number of aromatic nitrogens is 1. The van der Waals surface area contributed by atoms with Gasteiger partial charge in [0.1, 0.15) is 5.52 Å². The van der Waals surface area contributed by atoms with Gasteiger partial charge in [0.2, 0.25) is 5.89 Å². The lowest BCUT2D eigenvalue weighted by Crippen LogP contribution is -2.09. The Kier molecular flexibility index (Phi) is 6.00. The zero-order valence-corrected chi connectivity index (χ0v) is 25.0. The third kappa shape index (κ3) is 4.38. The van der Waals surface area contributed by atoms with Crippen LogP contribution in [0.4, 0.5) is 17.1 Å². The predicted molar refractivity (Wildman–Crippen MR) is 190 cm³/mol. The SMILES string of the molecule is c1ccc(-c2nc3c(ccc4ccc(N(c5ccccc5)c5ccc(-c6cccc7c6sc6ccccc67)cc5)cc43)o2)cc1. The van der Waals surface area contributed by atoms with Crippen LogP contribution in [0, 0.1) is 0 Å². The van der Waals surface area contributed by atoms with Crippen molar-refractivity contribution in [1.29, 1.82) is 0 Å². The molecule has 0 bridgehead atoms. The zero-order valence-electron chi connectivity index (χ0n) is 24.2. The van der Waals surface area contributed by atoms with Crippen LogP contribution in [-0.4, -0.2) is 4.98 Å². The Morgan fingerprint density at radius 3 is 2.04 bits per heavy atom. The topological polar surface area (TPSA) is 29.3 Å². The van der Waals surface area contributed by atoms with E-state index < -0.39 is 0 Å². The van der Waals surface area contributed by atoms with Gasteiger partial charge in [-0.15, -0.1) is 11.3 Å². The number of rotatable bonds is 5. The molecular weight excluding hydrogens is 569 g/mol. The average molecular weight is 595 g/mol. The Bertz CT molecular complexity index is 2480. The highest BCUT2D eigenvalue weighted by Gasteiger charge is 2.17. The Morgan fingerprint density at radius 1 is 0.511 bits per heavy atom. The second-order valence-corrected chi connectivity index (χ2v) is 12.3. The van der Waals surface area contributed by atoms with Gasteiger partial charge in [0.15, 0.2) is 5.58 Å². The van der Waals surface area contributed by atoms with Gasteiger partial charge >= 0.3 is 0 Å². The predicted octanol–water partition coefficient (Wildman–Crippen LogP) is 12.2. The Morgan fingerprint density at radius 2 is 1.20 bits per heavy atom. The van der Waals surface area contributed by atoms with Crippen molar-refractivity contribution < 1.29 is 4.42 Å². The van der Waals surface area contributed by atoms with Crippen LogP contribution < -0.4 is 4.90 Å². The molecule has 7 aromatic carbocycles. The molecule has 0 saturated heterocycles. The highest BCUT2D eigenvalue weighted by molar-refractivity contribution is 7.26. The van der Waals surface area contributed by atoms with Crippen LogP contribution in [0.3, 0.4) is 0 Å². The van der Waals surface area contributed by atoms with E-state index >= 15 is 0 Å². The summed E-state index contributed by atoms with van der Waals surface area (Å²) in [6.07, 6.45) is 0. The fourth-order valence-corrected chi connectivity index (χ4v) is 7.57. The number of oxazole rings is 1. The molecule has 0 aliphatic heterocycles. The van der Waals surface area contributed by atoms with Crippen LogP contribution in [0.5, 0.6) is 0 Å². The van der Waals surface area contributed by atoms with Crippen molar-refractivity contribution in [2.75, 3.05) is 4.90 Å². The van der Waals surface area contributed by atoms with Gasteiger partial charge in [0, 0.05) is 48.2 Å². The minimum absolute atomic E-state index is 0.632. The molecule has 0 amide bonds. The second kappa shape index (κ2) is 10.5. The zero-order chi connectivity index (χ0) is 29.7. The van der Waals surface area contributed by atoms with Gasteiger partial charge < -0.3 is 9.32 Å². The summed E-state index contributed by atoms with van der Waals surface area (Å²) in [5, 5.41) is 4.82. The molecule has 0 aliphatic rings. The molecule has 0 saturated carbocycles. The fraction of sp³-hybridized carbons (Fsp3) is 0. The Hall–Kier alpha value is -5.71. The first kappa shape index (κ1) is 25.8. The highest BCUT2D eigenvalue weighted by Crippen LogP contribution is 2.42. The first-order valence-electron chi connectivity index (χ1n) is 15.0. The number of benzene rings is 7. The molecule has 0 aliphatic carbocycles. The van der Waals surface area contributed by atoms with Crippen molar-refractivity contribution in [3.8, 4) is 22.6 Å². The molecule has 4 heteroatoms. The molecule has 9 aromatic rings. The molecule has 9 rings (SSSR count). The summed E-state index contributed by atoms with van der Waals surface area (Å²) in [5.41, 5.74) is 8.33. The monoisotopic (exact) mass is 594 g/mol. The van der Waals surface area contributed by atoms with Crippen LogP contribution in [-0.2, 0) is 0 Å². The summed E-state index contributed by atoms with van der Waals surface area (Å²) in [6, 6.07) is 55.6. The van der Waals surface area contributed by atoms with Crippen molar-refractivity contribution in [3.63, 3.8) is 0 Å². The number of para-hydroxylation sites is 1. The second-order valence-electron chi connectivity index (χ2n) is 11.2. The maximum atomic E-state index is 6.21. The molecule has 0 atom stereocenters. The molecule has 0 radical (unpaired) electrons. The highest BCUT2D eigenvalue weighted by atomic mass is 32.1. The Labute approximate surface area is 264 Å². The maximum absolute atomic E-state index is 6.21. The summed E-state index contributed by atoms with van der Waals surface area (Å²) in [6.45, 7) is 0. The van der Waals surface area contributed by atoms with Gasteiger partial charge in [-0.05, 0) is 77.2 Å². The molecule has 3 nitrogen and oxygen atoms in total. The largest absolute Gasteiger partial charge is 0.436 e. The van der Waals surface area contributed by atoms with E-state index in [1.807, 2.05) is 47.7 Å². The van der Waals surface area contributed by atoms with Crippen LogP contribution in [0.1, 0.15) is 0 Å². The lowest BCUT2D eigenvalue weighted by atomic mass is 10.0. The summed E-state index contributed by atoms with van der Waals surface area (Å²) >= 11 is 1.87. The molecule has 0 N–H and O–H groups in total. The Balaban J connectivity index is 1.16. The minimum Gasteiger partial charge on any atom is -0.436 e. The van der Waals surface area contributed by atoms with Crippen molar-refractivity contribution >= 4 is 70.4 Å². The van der Waals surface area contributed by atoms with E-state index in [0.29, 0.717) is 5.89 Å². The molecule has 212 valence electrons. The smallest absolute Gasteiger partial charge is 0.227 e. The van der Waals surface area contributed by atoms with E-state index in [1.54, 1.807) is 0 Å². The molecule has 2 heterocycles. The molecule has 2 aromatic heterocycles. The fourth-order valence-electron chi connectivity index (χ4n) is 6.33. The van der Waals surface area contributed by atoms with E-state index in [0.717, 1.165) is 44.5 Å². The summed E-state index contributed by atoms with van der Waals surface area (Å²) in [7, 11) is 0. The lowest BCUT2D eigenvalue weighted by Gasteiger charge is -2.26. The van der Waals surface area contributed by atoms with Crippen LogP contribution in [0.25, 0.3) is 64.6 Å². The van der Waals surface area contributed by atoms with E-state index in [9.17, 15) is 0 Å². The van der Waals surface area contributed by atoms with Gasteiger partial charge in [0.05, 0.1) is 0 Å².